The number of benzene rings is 1. The zero-order valence-electron chi connectivity index (χ0n) is 12.7. The van der Waals surface area contributed by atoms with Gasteiger partial charge in [-0.1, -0.05) is 0 Å². The minimum atomic E-state index is -0.336. The van der Waals surface area contributed by atoms with Crippen molar-refractivity contribution < 1.29 is 9.66 Å². The van der Waals surface area contributed by atoms with E-state index < -0.39 is 0 Å². The van der Waals surface area contributed by atoms with Crippen LogP contribution in [0.2, 0.25) is 0 Å². The maximum absolute atomic E-state index is 10.9. The van der Waals surface area contributed by atoms with Crippen LogP contribution in [-0.2, 0) is 4.74 Å². The summed E-state index contributed by atoms with van der Waals surface area (Å²) in [5.41, 5.74) is 1.88. The van der Waals surface area contributed by atoms with Gasteiger partial charge >= 0.3 is 0 Å². The highest BCUT2D eigenvalue weighted by Gasteiger charge is 2.19. The van der Waals surface area contributed by atoms with E-state index >= 15 is 0 Å². The molecule has 1 aromatic carbocycles. The molecule has 1 N–H and O–H groups in total. The Balaban J connectivity index is 2.14. The fourth-order valence-corrected chi connectivity index (χ4v) is 2.75. The summed E-state index contributed by atoms with van der Waals surface area (Å²) in [5.74, 6) is 0. The van der Waals surface area contributed by atoms with Gasteiger partial charge in [-0.15, -0.1) is 0 Å². The lowest BCUT2D eigenvalue weighted by Crippen LogP contribution is -2.39. The average Bonchev–Trinajstić information content (AvgIpc) is 2.95. The molecule has 21 heavy (non-hydrogen) atoms. The van der Waals surface area contributed by atoms with Crippen LogP contribution >= 0.6 is 0 Å². The lowest BCUT2D eigenvalue weighted by atomic mass is 10.1. The maximum Gasteiger partial charge on any atom is 0.272 e. The largest absolute Gasteiger partial charge is 0.383 e. The summed E-state index contributed by atoms with van der Waals surface area (Å²) in [6.45, 7) is 5.18. The Hall–Kier alpha value is -1.66. The van der Waals surface area contributed by atoms with Crippen LogP contribution in [0.4, 0.5) is 11.4 Å². The molecule has 1 heterocycles. The molecule has 0 saturated carbocycles. The lowest BCUT2D eigenvalue weighted by molar-refractivity contribution is -0.385. The summed E-state index contributed by atoms with van der Waals surface area (Å²) < 4.78 is 5.18. The van der Waals surface area contributed by atoms with Crippen molar-refractivity contribution in [3.63, 3.8) is 0 Å². The Bertz CT molecular complexity index is 487. The van der Waals surface area contributed by atoms with Gasteiger partial charge in [0, 0.05) is 43.6 Å². The average molecular weight is 293 g/mol. The summed E-state index contributed by atoms with van der Waals surface area (Å²) in [6, 6.07) is 5.79. The monoisotopic (exact) mass is 293 g/mol. The first-order valence-electron chi connectivity index (χ1n) is 7.34. The standard InChI is InChI=1S/C15H23N3O3/c1-12-10-14(5-6-15(12)18(19)20)17(8-9-21-2)11-13-4-3-7-16-13/h5-6,10,13,16H,3-4,7-9,11H2,1-2H3. The van der Waals surface area contributed by atoms with Gasteiger partial charge in [-0.05, 0) is 38.4 Å². The number of hydrogen-bond donors (Lipinski definition) is 1. The molecule has 0 aliphatic carbocycles. The van der Waals surface area contributed by atoms with Crippen LogP contribution in [0.15, 0.2) is 18.2 Å². The number of methoxy groups -OCH3 is 1. The zero-order valence-corrected chi connectivity index (χ0v) is 12.7. The van der Waals surface area contributed by atoms with Gasteiger partial charge in [-0.3, -0.25) is 10.1 Å². The number of nitro groups is 1. The van der Waals surface area contributed by atoms with Crippen LogP contribution in [0.1, 0.15) is 18.4 Å². The van der Waals surface area contributed by atoms with E-state index in [9.17, 15) is 10.1 Å². The number of rotatable bonds is 7. The van der Waals surface area contributed by atoms with Crippen LogP contribution in [0.25, 0.3) is 0 Å². The predicted molar refractivity (Wildman–Crippen MR) is 82.9 cm³/mol. The number of aryl methyl sites for hydroxylation is 1. The molecule has 6 nitrogen and oxygen atoms in total. The molecule has 1 saturated heterocycles. The number of nitro benzene ring substituents is 1. The van der Waals surface area contributed by atoms with E-state index in [2.05, 4.69) is 10.2 Å². The molecule has 6 heteroatoms. The van der Waals surface area contributed by atoms with Crippen molar-refractivity contribution in [1.29, 1.82) is 0 Å². The van der Waals surface area contributed by atoms with Gasteiger partial charge in [0.2, 0.25) is 0 Å². The third-order valence-electron chi connectivity index (χ3n) is 3.91. The molecular weight excluding hydrogens is 270 g/mol. The van der Waals surface area contributed by atoms with Crippen molar-refractivity contribution in [1.82, 2.24) is 5.32 Å². The van der Waals surface area contributed by atoms with Gasteiger partial charge in [0.25, 0.3) is 5.69 Å². The number of ether oxygens (including phenoxy) is 1. The molecule has 1 atom stereocenters. The van der Waals surface area contributed by atoms with Crippen molar-refractivity contribution in [3.8, 4) is 0 Å². The van der Waals surface area contributed by atoms with Crippen LogP contribution in [-0.4, -0.2) is 44.3 Å². The van der Waals surface area contributed by atoms with Crippen molar-refractivity contribution in [2.75, 3.05) is 38.3 Å². The van der Waals surface area contributed by atoms with Gasteiger partial charge < -0.3 is 15.0 Å². The summed E-state index contributed by atoms with van der Waals surface area (Å²) in [6.07, 6.45) is 2.39. The molecule has 1 unspecified atom stereocenters. The van der Waals surface area contributed by atoms with Gasteiger partial charge in [0.15, 0.2) is 0 Å². The second-order valence-corrected chi connectivity index (χ2v) is 5.46. The first kappa shape index (κ1) is 15.7. The third kappa shape index (κ3) is 4.15. The van der Waals surface area contributed by atoms with E-state index in [1.54, 1.807) is 20.1 Å². The quantitative estimate of drug-likeness (QED) is 0.616. The highest BCUT2D eigenvalue weighted by molar-refractivity contribution is 5.55. The minimum absolute atomic E-state index is 0.171. The van der Waals surface area contributed by atoms with Crippen LogP contribution < -0.4 is 10.2 Å². The highest BCUT2D eigenvalue weighted by atomic mass is 16.6. The Kier molecular flexibility index (Phi) is 5.52. The molecule has 1 aromatic rings. The molecule has 0 aromatic heterocycles. The number of nitrogens with zero attached hydrogens (tertiary/aromatic N) is 2. The van der Waals surface area contributed by atoms with Crippen LogP contribution in [0.5, 0.6) is 0 Å². The number of nitrogens with one attached hydrogen (secondary N) is 1. The Labute approximate surface area is 125 Å². The van der Waals surface area contributed by atoms with Gasteiger partial charge in [-0.25, -0.2) is 0 Å². The summed E-state index contributed by atoms with van der Waals surface area (Å²) >= 11 is 0. The first-order valence-corrected chi connectivity index (χ1v) is 7.34. The van der Waals surface area contributed by atoms with Gasteiger partial charge in [-0.2, -0.15) is 0 Å². The van der Waals surface area contributed by atoms with E-state index in [0.717, 1.165) is 25.3 Å². The Morgan fingerprint density at radius 1 is 1.52 bits per heavy atom. The minimum Gasteiger partial charge on any atom is -0.383 e. The third-order valence-corrected chi connectivity index (χ3v) is 3.91. The highest BCUT2D eigenvalue weighted by Crippen LogP contribution is 2.25. The SMILES string of the molecule is COCCN(CC1CCCN1)c1ccc([N+](=O)[O-])c(C)c1. The molecule has 116 valence electrons. The fourth-order valence-electron chi connectivity index (χ4n) is 2.75. The van der Waals surface area contributed by atoms with Gasteiger partial charge in [0.1, 0.15) is 0 Å². The molecule has 0 radical (unpaired) electrons. The second-order valence-electron chi connectivity index (χ2n) is 5.46. The molecular formula is C15H23N3O3. The van der Waals surface area contributed by atoms with E-state index in [1.165, 1.54) is 12.8 Å². The maximum atomic E-state index is 10.9. The van der Waals surface area contributed by atoms with Crippen molar-refractivity contribution >= 4 is 11.4 Å². The Morgan fingerprint density at radius 3 is 2.90 bits per heavy atom. The van der Waals surface area contributed by atoms with E-state index in [0.29, 0.717) is 18.2 Å². The normalized spacial score (nSPS) is 17.9. The summed E-state index contributed by atoms with van der Waals surface area (Å²) in [7, 11) is 1.69. The van der Waals surface area contributed by atoms with Gasteiger partial charge in [0.05, 0.1) is 11.5 Å². The number of anilines is 1. The Morgan fingerprint density at radius 2 is 2.33 bits per heavy atom. The van der Waals surface area contributed by atoms with Crippen molar-refractivity contribution in [2.45, 2.75) is 25.8 Å². The molecule has 0 amide bonds. The van der Waals surface area contributed by atoms with E-state index in [-0.39, 0.29) is 10.6 Å². The lowest BCUT2D eigenvalue weighted by Gasteiger charge is -2.28. The molecule has 1 aliphatic heterocycles. The van der Waals surface area contributed by atoms with Crippen molar-refractivity contribution in [3.05, 3.63) is 33.9 Å². The molecule has 0 spiro atoms. The van der Waals surface area contributed by atoms with Crippen molar-refractivity contribution in [2.24, 2.45) is 0 Å². The van der Waals surface area contributed by atoms with E-state index in [1.807, 2.05) is 12.1 Å². The van der Waals surface area contributed by atoms with Crippen LogP contribution in [0, 0.1) is 17.0 Å². The molecule has 2 rings (SSSR count). The molecule has 0 bridgehead atoms. The fraction of sp³-hybridized carbons (Fsp3) is 0.600. The zero-order chi connectivity index (χ0) is 15.2. The first-order chi connectivity index (χ1) is 10.1. The molecule has 1 fully saturated rings. The smallest absolute Gasteiger partial charge is 0.272 e. The van der Waals surface area contributed by atoms with Crippen LogP contribution in [0.3, 0.4) is 0 Å². The van der Waals surface area contributed by atoms with E-state index in [4.69, 9.17) is 4.74 Å². The molecule has 1 aliphatic rings. The predicted octanol–water partition coefficient (Wildman–Crippen LogP) is 2.11. The summed E-state index contributed by atoms with van der Waals surface area (Å²) in [4.78, 5) is 12.8. The second kappa shape index (κ2) is 7.38. The topological polar surface area (TPSA) is 67.6 Å². The summed E-state index contributed by atoms with van der Waals surface area (Å²) in [5, 5.41) is 14.4. The number of hydrogen-bond acceptors (Lipinski definition) is 5.